The van der Waals surface area contributed by atoms with Gasteiger partial charge < -0.3 is 0 Å². The Hall–Kier alpha value is -2.44. The number of hydrogen-bond donors (Lipinski definition) is 1. The zero-order valence-electron chi connectivity index (χ0n) is 11.8. The summed E-state index contributed by atoms with van der Waals surface area (Å²) in [6.45, 7) is 0.543. The number of carbonyl (C=O) groups is 1. The fourth-order valence-corrected chi connectivity index (χ4v) is 2.48. The first-order valence-electron chi connectivity index (χ1n) is 6.68. The molecule has 3 aromatic rings. The smallest absolute Gasteiger partial charge is 0.258 e. The van der Waals surface area contributed by atoms with Crippen molar-refractivity contribution in [1.29, 1.82) is 0 Å². The van der Waals surface area contributed by atoms with Crippen molar-refractivity contribution in [2.75, 3.05) is 5.32 Å². The molecular weight excluding hydrogens is 337 g/mol. The molecule has 116 valence electrons. The van der Waals surface area contributed by atoms with Crippen LogP contribution in [0.25, 0.3) is 0 Å². The number of halogens is 2. The van der Waals surface area contributed by atoms with Crippen LogP contribution in [0, 0.1) is 0 Å². The van der Waals surface area contributed by atoms with Crippen molar-refractivity contribution in [3.8, 4) is 0 Å². The third-order valence-electron chi connectivity index (χ3n) is 3.06. The van der Waals surface area contributed by atoms with Gasteiger partial charge in [0.15, 0.2) is 0 Å². The Morgan fingerprint density at radius 1 is 1.13 bits per heavy atom. The van der Waals surface area contributed by atoms with E-state index in [2.05, 4.69) is 20.5 Å². The highest BCUT2D eigenvalue weighted by Gasteiger charge is 2.13. The van der Waals surface area contributed by atoms with Crippen LogP contribution in [0.3, 0.4) is 0 Å². The van der Waals surface area contributed by atoms with Crippen molar-refractivity contribution in [1.82, 2.24) is 19.7 Å². The van der Waals surface area contributed by atoms with Gasteiger partial charge in [-0.3, -0.25) is 14.7 Å². The Morgan fingerprint density at radius 2 is 1.83 bits per heavy atom. The minimum absolute atomic E-state index is 0.147. The summed E-state index contributed by atoms with van der Waals surface area (Å²) in [5.74, 6) is -0.0542. The number of hydrogen-bond acceptors (Lipinski definition) is 4. The molecule has 2 heterocycles. The minimum atomic E-state index is -0.390. The molecule has 0 saturated heterocycles. The Balaban J connectivity index is 1.78. The van der Waals surface area contributed by atoms with Gasteiger partial charge in [-0.05, 0) is 17.7 Å². The Bertz CT molecular complexity index is 815. The van der Waals surface area contributed by atoms with Crippen molar-refractivity contribution < 1.29 is 4.79 Å². The Kier molecular flexibility index (Phi) is 4.55. The van der Waals surface area contributed by atoms with Gasteiger partial charge in [0.2, 0.25) is 5.95 Å². The van der Waals surface area contributed by atoms with Crippen molar-refractivity contribution >= 4 is 35.1 Å². The molecule has 1 amide bonds. The summed E-state index contributed by atoms with van der Waals surface area (Å²) in [5.41, 5.74) is 1.36. The second kappa shape index (κ2) is 6.76. The molecule has 3 rings (SSSR count). The molecule has 1 N–H and O–H groups in total. The topological polar surface area (TPSA) is 72.7 Å². The molecule has 0 aliphatic carbocycles. The molecule has 6 nitrogen and oxygen atoms in total. The van der Waals surface area contributed by atoms with Crippen molar-refractivity contribution in [2.24, 2.45) is 0 Å². The SMILES string of the molecule is O=C(Nc1nncn1Cc1ccccc1)c1cc(Cl)nc(Cl)c1. The third kappa shape index (κ3) is 3.85. The van der Waals surface area contributed by atoms with E-state index in [1.807, 2.05) is 30.3 Å². The first-order valence-corrected chi connectivity index (χ1v) is 7.43. The lowest BCUT2D eigenvalue weighted by molar-refractivity contribution is 0.102. The fraction of sp³-hybridized carbons (Fsp3) is 0.0667. The Labute approximate surface area is 142 Å². The molecule has 0 aliphatic heterocycles. The van der Waals surface area contributed by atoms with E-state index in [-0.39, 0.29) is 10.3 Å². The maximum Gasteiger partial charge on any atom is 0.258 e. The summed E-state index contributed by atoms with van der Waals surface area (Å²) in [5, 5.41) is 10.7. The number of aromatic nitrogens is 4. The van der Waals surface area contributed by atoms with Gasteiger partial charge in [0.25, 0.3) is 5.91 Å². The molecule has 0 saturated carbocycles. The Morgan fingerprint density at radius 3 is 2.52 bits per heavy atom. The standard InChI is InChI=1S/C15H11Cl2N5O/c16-12-6-11(7-13(17)19-12)14(23)20-15-21-18-9-22(15)8-10-4-2-1-3-5-10/h1-7,9H,8H2,(H,20,21,23). The molecule has 23 heavy (non-hydrogen) atoms. The molecule has 0 unspecified atom stereocenters. The number of nitrogens with one attached hydrogen (secondary N) is 1. The lowest BCUT2D eigenvalue weighted by Crippen LogP contribution is -2.16. The van der Waals surface area contributed by atoms with Gasteiger partial charge in [0.1, 0.15) is 16.6 Å². The maximum absolute atomic E-state index is 12.3. The van der Waals surface area contributed by atoms with Crippen LogP contribution in [-0.4, -0.2) is 25.7 Å². The van der Waals surface area contributed by atoms with Crippen LogP contribution in [0.5, 0.6) is 0 Å². The third-order valence-corrected chi connectivity index (χ3v) is 3.45. The summed E-state index contributed by atoms with van der Waals surface area (Å²) in [4.78, 5) is 16.1. The molecule has 0 spiro atoms. The molecule has 1 aromatic carbocycles. The van der Waals surface area contributed by atoms with Crippen molar-refractivity contribution in [2.45, 2.75) is 6.54 Å². The van der Waals surface area contributed by atoms with E-state index in [1.54, 1.807) is 10.9 Å². The number of rotatable bonds is 4. The number of nitrogens with zero attached hydrogens (tertiary/aromatic N) is 4. The number of carbonyl (C=O) groups excluding carboxylic acids is 1. The fourth-order valence-electron chi connectivity index (χ4n) is 2.02. The van der Waals surface area contributed by atoms with Gasteiger partial charge in [-0.2, -0.15) is 0 Å². The van der Waals surface area contributed by atoms with Crippen LogP contribution in [0.15, 0.2) is 48.8 Å². The lowest BCUT2D eigenvalue weighted by Gasteiger charge is -2.08. The summed E-state index contributed by atoms with van der Waals surface area (Å²) in [6, 6.07) is 12.6. The van der Waals surface area contributed by atoms with Crippen LogP contribution >= 0.6 is 23.2 Å². The van der Waals surface area contributed by atoms with Crippen LogP contribution in [0.1, 0.15) is 15.9 Å². The molecule has 2 aromatic heterocycles. The van der Waals surface area contributed by atoms with E-state index in [4.69, 9.17) is 23.2 Å². The van der Waals surface area contributed by atoms with E-state index >= 15 is 0 Å². The average Bonchev–Trinajstić information content (AvgIpc) is 2.94. The average molecular weight is 348 g/mol. The largest absolute Gasteiger partial charge is 0.295 e. The second-order valence-corrected chi connectivity index (χ2v) is 5.50. The van der Waals surface area contributed by atoms with Crippen LogP contribution in [0.2, 0.25) is 10.3 Å². The number of pyridine rings is 1. The predicted octanol–water partition coefficient (Wildman–Crippen LogP) is 3.28. The number of amides is 1. The quantitative estimate of drug-likeness (QED) is 0.735. The van der Waals surface area contributed by atoms with E-state index in [0.717, 1.165) is 5.56 Å². The normalized spacial score (nSPS) is 10.5. The zero-order chi connectivity index (χ0) is 16.2. The first-order chi connectivity index (χ1) is 11.1. The molecule has 0 fully saturated rings. The van der Waals surface area contributed by atoms with Gasteiger partial charge in [0, 0.05) is 5.56 Å². The highest BCUT2D eigenvalue weighted by Crippen LogP contribution is 2.16. The highest BCUT2D eigenvalue weighted by molar-refractivity contribution is 6.33. The van der Waals surface area contributed by atoms with E-state index < -0.39 is 5.91 Å². The van der Waals surface area contributed by atoms with Crippen molar-refractivity contribution in [3.05, 3.63) is 70.2 Å². The first kappa shape index (κ1) is 15.5. The van der Waals surface area contributed by atoms with E-state index in [1.165, 1.54) is 12.1 Å². The predicted molar refractivity (Wildman–Crippen MR) is 87.8 cm³/mol. The maximum atomic E-state index is 12.3. The van der Waals surface area contributed by atoms with Gasteiger partial charge >= 0.3 is 0 Å². The zero-order valence-corrected chi connectivity index (χ0v) is 13.3. The van der Waals surface area contributed by atoms with E-state index in [9.17, 15) is 4.79 Å². The minimum Gasteiger partial charge on any atom is -0.295 e. The molecule has 0 radical (unpaired) electrons. The van der Waals surface area contributed by atoms with Gasteiger partial charge in [0.05, 0.1) is 6.54 Å². The van der Waals surface area contributed by atoms with Crippen LogP contribution in [-0.2, 0) is 6.54 Å². The molecule has 0 atom stereocenters. The molecule has 8 heteroatoms. The van der Waals surface area contributed by atoms with Gasteiger partial charge in [-0.15, -0.1) is 10.2 Å². The van der Waals surface area contributed by atoms with Gasteiger partial charge in [-0.1, -0.05) is 53.5 Å². The summed E-state index contributed by atoms with van der Waals surface area (Å²) >= 11 is 11.6. The summed E-state index contributed by atoms with van der Waals surface area (Å²) < 4.78 is 1.73. The monoisotopic (exact) mass is 347 g/mol. The second-order valence-electron chi connectivity index (χ2n) is 4.72. The van der Waals surface area contributed by atoms with Crippen LogP contribution in [0.4, 0.5) is 5.95 Å². The van der Waals surface area contributed by atoms with Gasteiger partial charge in [-0.25, -0.2) is 4.98 Å². The lowest BCUT2D eigenvalue weighted by atomic mass is 10.2. The highest BCUT2D eigenvalue weighted by atomic mass is 35.5. The van der Waals surface area contributed by atoms with E-state index in [0.29, 0.717) is 18.1 Å². The summed E-state index contributed by atoms with van der Waals surface area (Å²) in [6.07, 6.45) is 1.55. The molecule has 0 bridgehead atoms. The number of anilines is 1. The summed E-state index contributed by atoms with van der Waals surface area (Å²) in [7, 11) is 0. The van der Waals surface area contributed by atoms with Crippen molar-refractivity contribution in [3.63, 3.8) is 0 Å². The molecular formula is C15H11Cl2N5O. The molecule has 0 aliphatic rings. The van der Waals surface area contributed by atoms with Crippen LogP contribution < -0.4 is 5.32 Å². The number of benzene rings is 1.